The highest BCUT2D eigenvalue weighted by molar-refractivity contribution is 8.04. The van der Waals surface area contributed by atoms with Crippen LogP contribution in [-0.2, 0) is 14.3 Å². The molecule has 0 radical (unpaired) electrons. The molecule has 0 atom stereocenters. The molecule has 0 aliphatic carbocycles. The van der Waals surface area contributed by atoms with E-state index in [0.29, 0.717) is 35.8 Å². The molecule has 0 N–H and O–H groups in total. The first kappa shape index (κ1) is 20.5. The normalized spacial score (nSPS) is 15.0. The molecule has 0 bridgehead atoms. The lowest BCUT2D eigenvalue weighted by molar-refractivity contribution is -0.136. The van der Waals surface area contributed by atoms with E-state index in [4.69, 9.17) is 9.47 Å². The lowest BCUT2D eigenvalue weighted by atomic mass is 10.1. The molecule has 0 aromatic heterocycles. The average Bonchev–Trinajstić information content (AvgIpc) is 2.82. The van der Waals surface area contributed by atoms with E-state index >= 15 is 0 Å². The molecule has 0 saturated carbocycles. The Bertz CT molecular complexity index is 680. The summed E-state index contributed by atoms with van der Waals surface area (Å²) in [5.74, 6) is 0.281. The smallest absolute Gasteiger partial charge is 0.267 e. The Morgan fingerprint density at radius 3 is 2.23 bits per heavy atom. The summed E-state index contributed by atoms with van der Waals surface area (Å²) < 4.78 is 10.7. The molecule has 0 unspecified atom stereocenters. The minimum atomic E-state index is -0.229. The predicted octanol–water partition coefficient (Wildman–Crippen LogP) is 3.73. The Kier molecular flexibility index (Phi) is 7.29. The maximum atomic E-state index is 13.0. The topological polar surface area (TPSA) is 55.8 Å². The molecule has 1 aromatic rings. The van der Waals surface area contributed by atoms with Crippen molar-refractivity contribution in [1.82, 2.24) is 4.90 Å². The first-order valence-electron chi connectivity index (χ1n) is 8.88. The van der Waals surface area contributed by atoms with Crippen molar-refractivity contribution < 1.29 is 19.1 Å². The molecule has 0 spiro atoms. The second-order valence-corrected chi connectivity index (χ2v) is 8.22. The molecule has 5 nitrogen and oxygen atoms in total. The zero-order valence-electron chi connectivity index (χ0n) is 16.1. The van der Waals surface area contributed by atoms with Crippen LogP contribution in [0, 0.1) is 0 Å². The van der Waals surface area contributed by atoms with Crippen LogP contribution in [0.3, 0.4) is 0 Å². The summed E-state index contributed by atoms with van der Waals surface area (Å²) in [6.07, 6.45) is 0.769. The standard InChI is InChI=1S/C20H27NO4S/c1-13(2)25-12-6-11-21-19(22)17(18(20(21)23)26-14(3)4)15-7-9-16(24-5)10-8-15/h7-10,13-14H,6,11-12H2,1-5H3. The summed E-state index contributed by atoms with van der Waals surface area (Å²) in [6.45, 7) is 8.85. The van der Waals surface area contributed by atoms with Crippen LogP contribution in [0.2, 0.25) is 0 Å². The van der Waals surface area contributed by atoms with E-state index in [9.17, 15) is 9.59 Å². The fourth-order valence-corrected chi connectivity index (χ4v) is 3.66. The van der Waals surface area contributed by atoms with Crippen LogP contribution in [0.15, 0.2) is 29.2 Å². The van der Waals surface area contributed by atoms with Crippen LogP contribution in [0.5, 0.6) is 5.75 Å². The highest BCUT2D eigenvalue weighted by Crippen LogP contribution is 2.38. The second kappa shape index (κ2) is 9.24. The number of methoxy groups -OCH3 is 1. The SMILES string of the molecule is COc1ccc(C2=C(SC(C)C)C(=O)N(CCCOC(C)C)C2=O)cc1. The number of nitrogens with zero attached hydrogens (tertiary/aromatic N) is 1. The van der Waals surface area contributed by atoms with E-state index in [1.165, 1.54) is 16.7 Å². The molecule has 1 heterocycles. The molecule has 26 heavy (non-hydrogen) atoms. The monoisotopic (exact) mass is 377 g/mol. The number of ether oxygens (including phenoxy) is 2. The maximum Gasteiger partial charge on any atom is 0.267 e. The summed E-state index contributed by atoms with van der Waals surface area (Å²) in [5, 5.41) is 0.208. The van der Waals surface area contributed by atoms with E-state index in [1.54, 1.807) is 19.2 Å². The highest BCUT2D eigenvalue weighted by atomic mass is 32.2. The summed E-state index contributed by atoms with van der Waals surface area (Å²) in [4.78, 5) is 27.7. The molecule has 2 amide bonds. The van der Waals surface area contributed by atoms with E-state index in [2.05, 4.69) is 0 Å². The van der Waals surface area contributed by atoms with Gasteiger partial charge in [-0.3, -0.25) is 14.5 Å². The quantitative estimate of drug-likeness (QED) is 0.485. The van der Waals surface area contributed by atoms with E-state index < -0.39 is 0 Å². The lowest BCUT2D eigenvalue weighted by Crippen LogP contribution is -2.33. The van der Waals surface area contributed by atoms with Crippen molar-refractivity contribution in [2.45, 2.75) is 45.5 Å². The average molecular weight is 378 g/mol. The second-order valence-electron chi connectivity index (χ2n) is 6.63. The van der Waals surface area contributed by atoms with Gasteiger partial charge in [0, 0.05) is 18.4 Å². The number of carbonyl (C=O) groups excluding carboxylic acids is 2. The number of hydrogen-bond acceptors (Lipinski definition) is 5. The Morgan fingerprint density at radius 1 is 1.04 bits per heavy atom. The van der Waals surface area contributed by atoms with Gasteiger partial charge in [-0.25, -0.2) is 0 Å². The van der Waals surface area contributed by atoms with Crippen molar-refractivity contribution in [1.29, 1.82) is 0 Å². The Labute approximate surface area is 159 Å². The summed E-state index contributed by atoms with van der Waals surface area (Å²) >= 11 is 1.44. The van der Waals surface area contributed by atoms with Crippen LogP contribution >= 0.6 is 11.8 Å². The van der Waals surface area contributed by atoms with Gasteiger partial charge in [0.25, 0.3) is 11.8 Å². The number of benzene rings is 1. The van der Waals surface area contributed by atoms with Crippen LogP contribution in [0.25, 0.3) is 5.57 Å². The largest absolute Gasteiger partial charge is 0.497 e. The number of imide groups is 1. The van der Waals surface area contributed by atoms with Crippen LogP contribution in [0.1, 0.15) is 39.7 Å². The number of thioether (sulfide) groups is 1. The van der Waals surface area contributed by atoms with Gasteiger partial charge in [-0.05, 0) is 38.0 Å². The third-order valence-electron chi connectivity index (χ3n) is 3.83. The van der Waals surface area contributed by atoms with Crippen LogP contribution in [0.4, 0.5) is 0 Å². The summed E-state index contributed by atoms with van der Waals surface area (Å²) in [6, 6.07) is 7.25. The Hall–Kier alpha value is -1.79. The predicted molar refractivity (Wildman–Crippen MR) is 105 cm³/mol. The first-order chi connectivity index (χ1) is 12.3. The Balaban J connectivity index is 2.23. The third kappa shape index (κ3) is 4.89. The molecular formula is C20H27NO4S. The number of rotatable bonds is 9. The zero-order valence-corrected chi connectivity index (χ0v) is 16.9. The Morgan fingerprint density at radius 2 is 1.69 bits per heavy atom. The molecule has 1 aromatic carbocycles. The van der Waals surface area contributed by atoms with E-state index in [1.807, 2.05) is 39.8 Å². The van der Waals surface area contributed by atoms with Crippen molar-refractivity contribution in [2.75, 3.05) is 20.3 Å². The van der Waals surface area contributed by atoms with Gasteiger partial charge in [0.1, 0.15) is 5.75 Å². The molecule has 1 aliphatic heterocycles. The fraction of sp³-hybridized carbons (Fsp3) is 0.500. The molecule has 6 heteroatoms. The first-order valence-corrected chi connectivity index (χ1v) is 9.76. The van der Waals surface area contributed by atoms with Crippen molar-refractivity contribution in [3.8, 4) is 5.75 Å². The summed E-state index contributed by atoms with van der Waals surface area (Å²) in [7, 11) is 1.60. The van der Waals surface area contributed by atoms with Gasteiger partial charge >= 0.3 is 0 Å². The van der Waals surface area contributed by atoms with Gasteiger partial charge in [-0.2, -0.15) is 0 Å². The number of carbonyl (C=O) groups is 2. The molecule has 2 rings (SSSR count). The minimum absolute atomic E-state index is 0.139. The highest BCUT2D eigenvalue weighted by Gasteiger charge is 2.39. The molecular weight excluding hydrogens is 350 g/mol. The van der Waals surface area contributed by atoms with Crippen LogP contribution in [-0.4, -0.2) is 48.3 Å². The maximum absolute atomic E-state index is 13.0. The fourth-order valence-electron chi connectivity index (χ4n) is 2.66. The molecule has 1 aliphatic rings. The van der Waals surface area contributed by atoms with Gasteiger partial charge in [-0.15, -0.1) is 11.8 Å². The molecule has 0 saturated heterocycles. The molecule has 0 fully saturated rings. The van der Waals surface area contributed by atoms with Gasteiger partial charge in [-0.1, -0.05) is 26.0 Å². The van der Waals surface area contributed by atoms with Crippen molar-refractivity contribution in [3.05, 3.63) is 34.7 Å². The number of hydrogen-bond donors (Lipinski definition) is 0. The van der Waals surface area contributed by atoms with Crippen LogP contribution < -0.4 is 4.74 Å². The third-order valence-corrected chi connectivity index (χ3v) is 4.92. The zero-order chi connectivity index (χ0) is 19.3. The van der Waals surface area contributed by atoms with Crippen molar-refractivity contribution in [2.24, 2.45) is 0 Å². The minimum Gasteiger partial charge on any atom is -0.497 e. The van der Waals surface area contributed by atoms with Gasteiger partial charge in [0.2, 0.25) is 0 Å². The van der Waals surface area contributed by atoms with Gasteiger partial charge < -0.3 is 9.47 Å². The van der Waals surface area contributed by atoms with E-state index in [0.717, 1.165) is 5.56 Å². The van der Waals surface area contributed by atoms with Crippen molar-refractivity contribution >= 4 is 29.1 Å². The van der Waals surface area contributed by atoms with E-state index in [-0.39, 0.29) is 23.2 Å². The van der Waals surface area contributed by atoms with Gasteiger partial charge in [0.05, 0.1) is 23.7 Å². The number of amides is 2. The lowest BCUT2D eigenvalue weighted by Gasteiger charge is -2.16. The summed E-state index contributed by atoms with van der Waals surface area (Å²) in [5.41, 5.74) is 1.23. The van der Waals surface area contributed by atoms with Crippen molar-refractivity contribution in [3.63, 3.8) is 0 Å². The molecule has 142 valence electrons. The van der Waals surface area contributed by atoms with Gasteiger partial charge in [0.15, 0.2) is 0 Å².